The van der Waals surface area contributed by atoms with E-state index in [1.807, 2.05) is 13.8 Å². The van der Waals surface area contributed by atoms with E-state index in [1.165, 1.54) is 24.3 Å². The third-order valence-electron chi connectivity index (χ3n) is 2.46. The first-order chi connectivity index (χ1) is 7.99. The summed E-state index contributed by atoms with van der Waals surface area (Å²) in [4.78, 5) is 11.5. The minimum Gasteiger partial charge on any atom is -0.336 e. The molecule has 1 unspecified atom stereocenters. The fourth-order valence-corrected chi connectivity index (χ4v) is 1.15. The summed E-state index contributed by atoms with van der Waals surface area (Å²) in [7, 11) is 0. The number of carbonyl (C=O) groups excluding carboxylic acids is 1. The van der Waals surface area contributed by atoms with E-state index in [1.54, 1.807) is 0 Å². The number of nitrogens with one attached hydrogen (secondary N) is 2. The summed E-state index contributed by atoms with van der Waals surface area (Å²) in [6, 6.07) is 5.15. The summed E-state index contributed by atoms with van der Waals surface area (Å²) < 4.78 is 12.6. The molecule has 0 bridgehead atoms. The van der Waals surface area contributed by atoms with Gasteiger partial charge in [0.2, 0.25) is 0 Å². The molecule has 0 saturated carbocycles. The van der Waals surface area contributed by atoms with Gasteiger partial charge in [-0.15, -0.1) is 0 Å². The zero-order valence-corrected chi connectivity index (χ0v) is 10.0. The Labute approximate surface area is 100 Å². The van der Waals surface area contributed by atoms with Gasteiger partial charge < -0.3 is 16.4 Å². The van der Waals surface area contributed by atoms with Gasteiger partial charge in [-0.25, -0.2) is 9.18 Å². The fraction of sp³-hybridized carbons (Fsp3) is 0.417. The van der Waals surface area contributed by atoms with Gasteiger partial charge in [-0.2, -0.15) is 0 Å². The van der Waals surface area contributed by atoms with Crippen molar-refractivity contribution in [1.29, 1.82) is 0 Å². The molecule has 1 aromatic carbocycles. The van der Waals surface area contributed by atoms with Crippen LogP contribution in [0.2, 0.25) is 0 Å². The van der Waals surface area contributed by atoms with Gasteiger partial charge in [0.1, 0.15) is 5.82 Å². The maximum atomic E-state index is 12.6. The summed E-state index contributed by atoms with van der Waals surface area (Å²) in [6.07, 6.45) is 0. The highest BCUT2D eigenvalue weighted by Crippen LogP contribution is 2.07. The topological polar surface area (TPSA) is 67.1 Å². The van der Waals surface area contributed by atoms with Crippen molar-refractivity contribution >= 4 is 11.7 Å². The number of amides is 2. The number of urea groups is 1. The monoisotopic (exact) mass is 239 g/mol. The van der Waals surface area contributed by atoms with E-state index in [-0.39, 0.29) is 17.9 Å². The van der Waals surface area contributed by atoms with Crippen molar-refractivity contribution < 1.29 is 9.18 Å². The highest BCUT2D eigenvalue weighted by molar-refractivity contribution is 5.89. The molecule has 2 amide bonds. The second-order valence-corrected chi connectivity index (χ2v) is 4.25. The van der Waals surface area contributed by atoms with Crippen molar-refractivity contribution in [2.75, 3.05) is 11.9 Å². The molecule has 17 heavy (non-hydrogen) atoms. The minimum atomic E-state index is -0.340. The zero-order chi connectivity index (χ0) is 12.8. The molecule has 1 aromatic rings. The standard InChI is InChI=1S/C12H18FN3O/c1-8(2)11(14)7-15-12(17)16-10-5-3-9(13)4-6-10/h3-6,8,11H,7,14H2,1-2H3,(H2,15,16,17). The molecular formula is C12H18FN3O. The quantitative estimate of drug-likeness (QED) is 0.751. The van der Waals surface area contributed by atoms with E-state index in [9.17, 15) is 9.18 Å². The number of hydrogen-bond acceptors (Lipinski definition) is 2. The Morgan fingerprint density at radius 1 is 1.35 bits per heavy atom. The number of rotatable bonds is 4. The van der Waals surface area contributed by atoms with Gasteiger partial charge in [-0.3, -0.25) is 0 Å². The molecule has 94 valence electrons. The second kappa shape index (κ2) is 6.20. The van der Waals surface area contributed by atoms with E-state index >= 15 is 0 Å². The number of anilines is 1. The van der Waals surface area contributed by atoms with Crippen molar-refractivity contribution in [3.63, 3.8) is 0 Å². The maximum absolute atomic E-state index is 12.6. The Hall–Kier alpha value is -1.62. The van der Waals surface area contributed by atoms with Crippen LogP contribution in [0.5, 0.6) is 0 Å². The highest BCUT2D eigenvalue weighted by atomic mass is 19.1. The molecule has 1 atom stereocenters. The van der Waals surface area contributed by atoms with Crippen LogP contribution in [-0.2, 0) is 0 Å². The number of nitrogens with two attached hydrogens (primary N) is 1. The summed E-state index contributed by atoms with van der Waals surface area (Å²) in [5.41, 5.74) is 6.33. The summed E-state index contributed by atoms with van der Waals surface area (Å²) in [6.45, 7) is 4.39. The van der Waals surface area contributed by atoms with Gasteiger partial charge >= 0.3 is 6.03 Å². The second-order valence-electron chi connectivity index (χ2n) is 4.25. The summed E-state index contributed by atoms with van der Waals surface area (Å²) in [5.74, 6) is -0.0288. The first-order valence-electron chi connectivity index (χ1n) is 5.55. The van der Waals surface area contributed by atoms with Crippen LogP contribution in [-0.4, -0.2) is 18.6 Å². The first-order valence-corrected chi connectivity index (χ1v) is 5.55. The molecule has 0 radical (unpaired) electrons. The lowest BCUT2D eigenvalue weighted by Crippen LogP contribution is -2.42. The summed E-state index contributed by atoms with van der Waals surface area (Å²) in [5, 5.41) is 5.25. The molecular weight excluding hydrogens is 221 g/mol. The lowest BCUT2D eigenvalue weighted by molar-refractivity contribution is 0.250. The SMILES string of the molecule is CC(C)C(N)CNC(=O)Nc1ccc(F)cc1. The van der Waals surface area contributed by atoms with Gasteiger partial charge in [-0.05, 0) is 30.2 Å². The molecule has 0 saturated heterocycles. The average Bonchev–Trinajstić information content (AvgIpc) is 2.29. The Kier molecular flexibility index (Phi) is 4.90. The minimum absolute atomic E-state index is 0.0750. The van der Waals surface area contributed by atoms with E-state index in [4.69, 9.17) is 5.73 Å². The lowest BCUT2D eigenvalue weighted by atomic mass is 10.1. The van der Waals surface area contributed by atoms with Crippen LogP contribution in [0.1, 0.15) is 13.8 Å². The van der Waals surface area contributed by atoms with E-state index in [0.29, 0.717) is 18.2 Å². The maximum Gasteiger partial charge on any atom is 0.319 e. The molecule has 0 aliphatic rings. The van der Waals surface area contributed by atoms with Crippen LogP contribution in [0.25, 0.3) is 0 Å². The Balaban J connectivity index is 2.37. The first kappa shape index (κ1) is 13.4. The normalized spacial score (nSPS) is 12.3. The molecule has 4 nitrogen and oxygen atoms in total. The largest absolute Gasteiger partial charge is 0.336 e. The predicted molar refractivity (Wildman–Crippen MR) is 66.2 cm³/mol. The van der Waals surface area contributed by atoms with Crippen molar-refractivity contribution in [3.05, 3.63) is 30.1 Å². The zero-order valence-electron chi connectivity index (χ0n) is 10.0. The average molecular weight is 239 g/mol. The number of halogens is 1. The molecule has 0 fully saturated rings. The van der Waals surface area contributed by atoms with Crippen LogP contribution in [0.4, 0.5) is 14.9 Å². The van der Waals surface area contributed by atoms with Crippen LogP contribution in [0.15, 0.2) is 24.3 Å². The molecule has 0 aromatic heterocycles. The highest BCUT2D eigenvalue weighted by Gasteiger charge is 2.09. The van der Waals surface area contributed by atoms with E-state index in [0.717, 1.165) is 0 Å². The van der Waals surface area contributed by atoms with Crippen LogP contribution < -0.4 is 16.4 Å². The van der Waals surface area contributed by atoms with E-state index < -0.39 is 0 Å². The van der Waals surface area contributed by atoms with E-state index in [2.05, 4.69) is 10.6 Å². The number of carbonyl (C=O) groups is 1. The molecule has 5 heteroatoms. The van der Waals surface area contributed by atoms with Gasteiger partial charge in [0.05, 0.1) is 0 Å². The van der Waals surface area contributed by atoms with Crippen molar-refractivity contribution in [2.45, 2.75) is 19.9 Å². The number of hydrogen-bond donors (Lipinski definition) is 3. The van der Waals surface area contributed by atoms with Gasteiger partial charge in [0, 0.05) is 18.3 Å². The van der Waals surface area contributed by atoms with Gasteiger partial charge in [0.25, 0.3) is 0 Å². The number of benzene rings is 1. The third kappa shape index (κ3) is 4.82. The fourth-order valence-electron chi connectivity index (χ4n) is 1.15. The van der Waals surface area contributed by atoms with Crippen molar-refractivity contribution in [3.8, 4) is 0 Å². The molecule has 0 aliphatic carbocycles. The molecule has 4 N–H and O–H groups in total. The van der Waals surface area contributed by atoms with Gasteiger partial charge in [0.15, 0.2) is 0 Å². The molecule has 0 aliphatic heterocycles. The summed E-state index contributed by atoms with van der Waals surface area (Å²) >= 11 is 0. The van der Waals surface area contributed by atoms with Crippen molar-refractivity contribution in [1.82, 2.24) is 5.32 Å². The smallest absolute Gasteiger partial charge is 0.319 e. The Morgan fingerprint density at radius 3 is 2.47 bits per heavy atom. The molecule has 0 spiro atoms. The van der Waals surface area contributed by atoms with Crippen molar-refractivity contribution in [2.24, 2.45) is 11.7 Å². The van der Waals surface area contributed by atoms with Crippen LogP contribution in [0.3, 0.4) is 0 Å². The van der Waals surface area contributed by atoms with Gasteiger partial charge in [-0.1, -0.05) is 13.8 Å². The predicted octanol–water partition coefficient (Wildman–Crippen LogP) is 1.93. The lowest BCUT2D eigenvalue weighted by Gasteiger charge is -2.16. The molecule has 1 rings (SSSR count). The Bertz CT molecular complexity index is 365. The Morgan fingerprint density at radius 2 is 1.94 bits per heavy atom. The molecule has 0 heterocycles. The van der Waals surface area contributed by atoms with Crippen LogP contribution >= 0.6 is 0 Å². The third-order valence-corrected chi connectivity index (χ3v) is 2.46. The van der Waals surface area contributed by atoms with Crippen LogP contribution in [0, 0.1) is 11.7 Å².